The Morgan fingerprint density at radius 2 is 1.79 bits per heavy atom. The highest BCUT2D eigenvalue weighted by Crippen LogP contribution is 2.16. The molecule has 126 valence electrons. The number of aryl methyl sites for hydroxylation is 2. The number of sulfonamides is 1. The Labute approximate surface area is 142 Å². The van der Waals surface area contributed by atoms with Crippen LogP contribution >= 0.6 is 0 Å². The Balaban J connectivity index is 2.24. The summed E-state index contributed by atoms with van der Waals surface area (Å²) in [5.74, 6) is -0.360. The van der Waals surface area contributed by atoms with Gasteiger partial charge in [0.25, 0.3) is 5.91 Å². The molecule has 0 saturated carbocycles. The average Bonchev–Trinajstić information content (AvgIpc) is 2.52. The van der Waals surface area contributed by atoms with Gasteiger partial charge in [0.1, 0.15) is 0 Å². The lowest BCUT2D eigenvalue weighted by Crippen LogP contribution is -2.24. The minimum atomic E-state index is -3.67. The van der Waals surface area contributed by atoms with Crippen molar-refractivity contribution in [2.75, 3.05) is 11.9 Å². The maximum Gasteiger partial charge on any atom is 0.255 e. The molecule has 0 heterocycles. The zero-order chi connectivity index (χ0) is 17.7. The second kappa shape index (κ2) is 7.42. The highest BCUT2D eigenvalue weighted by Gasteiger charge is 2.15. The Kier molecular flexibility index (Phi) is 5.54. The molecule has 6 heteroatoms. The molecular formula is C18H20N2O3S. The third-order valence-corrected chi connectivity index (χ3v) is 4.73. The topological polar surface area (TPSA) is 75.3 Å². The van der Waals surface area contributed by atoms with Crippen LogP contribution in [0, 0.1) is 13.8 Å². The van der Waals surface area contributed by atoms with Gasteiger partial charge in [-0.15, -0.1) is 6.58 Å². The van der Waals surface area contributed by atoms with Gasteiger partial charge in [0.15, 0.2) is 0 Å². The summed E-state index contributed by atoms with van der Waals surface area (Å²) in [5.41, 5.74) is 3.02. The smallest absolute Gasteiger partial charge is 0.255 e. The van der Waals surface area contributed by atoms with Gasteiger partial charge in [-0.2, -0.15) is 0 Å². The van der Waals surface area contributed by atoms with Crippen LogP contribution in [-0.4, -0.2) is 20.9 Å². The van der Waals surface area contributed by atoms with Gasteiger partial charge in [-0.1, -0.05) is 18.2 Å². The standard InChI is InChI=1S/C18H20N2O3S/c1-4-8-19-24(22,23)17-7-5-6-15(12-17)18(21)20-16-10-13(2)9-14(3)11-16/h4-7,9-12,19H,1,8H2,2-3H3,(H,20,21). The third kappa shape index (κ3) is 4.53. The van der Waals surface area contributed by atoms with Crippen LogP contribution in [0.15, 0.2) is 60.0 Å². The molecule has 0 spiro atoms. The second-order valence-electron chi connectivity index (χ2n) is 5.50. The Morgan fingerprint density at radius 3 is 2.42 bits per heavy atom. The van der Waals surface area contributed by atoms with Crippen molar-refractivity contribution in [2.24, 2.45) is 0 Å². The fourth-order valence-corrected chi connectivity index (χ4v) is 3.35. The van der Waals surface area contributed by atoms with Crippen LogP contribution in [0.1, 0.15) is 21.5 Å². The van der Waals surface area contributed by atoms with E-state index in [-0.39, 0.29) is 22.9 Å². The number of benzene rings is 2. The van der Waals surface area contributed by atoms with Crippen LogP contribution in [0.5, 0.6) is 0 Å². The lowest BCUT2D eigenvalue weighted by atomic mass is 10.1. The van der Waals surface area contributed by atoms with Gasteiger partial charge < -0.3 is 5.32 Å². The second-order valence-corrected chi connectivity index (χ2v) is 7.27. The lowest BCUT2D eigenvalue weighted by Gasteiger charge is -2.09. The first-order valence-corrected chi connectivity index (χ1v) is 8.90. The molecule has 0 saturated heterocycles. The molecule has 5 nitrogen and oxygen atoms in total. The van der Waals surface area contributed by atoms with E-state index in [9.17, 15) is 13.2 Å². The van der Waals surface area contributed by atoms with E-state index < -0.39 is 10.0 Å². The number of hydrogen-bond donors (Lipinski definition) is 2. The van der Waals surface area contributed by atoms with E-state index in [0.29, 0.717) is 5.69 Å². The summed E-state index contributed by atoms with van der Waals surface area (Å²) in [6.07, 6.45) is 1.45. The zero-order valence-electron chi connectivity index (χ0n) is 13.7. The molecule has 2 rings (SSSR count). The number of rotatable bonds is 6. The highest BCUT2D eigenvalue weighted by molar-refractivity contribution is 7.89. The van der Waals surface area contributed by atoms with Crippen LogP contribution in [0.4, 0.5) is 5.69 Å². The molecule has 0 aromatic heterocycles. The molecule has 0 aliphatic carbocycles. The lowest BCUT2D eigenvalue weighted by molar-refractivity contribution is 0.102. The van der Waals surface area contributed by atoms with Gasteiger partial charge in [-0.05, 0) is 55.3 Å². The van der Waals surface area contributed by atoms with Crippen molar-refractivity contribution in [2.45, 2.75) is 18.7 Å². The van der Waals surface area contributed by atoms with E-state index in [2.05, 4.69) is 16.6 Å². The zero-order valence-corrected chi connectivity index (χ0v) is 14.5. The highest BCUT2D eigenvalue weighted by atomic mass is 32.2. The van der Waals surface area contributed by atoms with Gasteiger partial charge in [0, 0.05) is 17.8 Å². The van der Waals surface area contributed by atoms with Crippen molar-refractivity contribution in [3.05, 3.63) is 71.8 Å². The molecule has 0 bridgehead atoms. The predicted octanol–water partition coefficient (Wildman–Crippen LogP) is 3.02. The summed E-state index contributed by atoms with van der Waals surface area (Å²) in [6, 6.07) is 11.6. The van der Waals surface area contributed by atoms with Crippen molar-refractivity contribution in [3.8, 4) is 0 Å². The predicted molar refractivity (Wildman–Crippen MR) is 95.7 cm³/mol. The number of nitrogens with one attached hydrogen (secondary N) is 2. The van der Waals surface area contributed by atoms with Crippen molar-refractivity contribution in [3.63, 3.8) is 0 Å². The molecule has 1 amide bonds. The van der Waals surface area contributed by atoms with Crippen LogP contribution in [0.3, 0.4) is 0 Å². The molecular weight excluding hydrogens is 324 g/mol. The minimum absolute atomic E-state index is 0.0393. The molecule has 2 N–H and O–H groups in total. The van der Waals surface area contributed by atoms with E-state index in [1.165, 1.54) is 18.2 Å². The molecule has 24 heavy (non-hydrogen) atoms. The first-order valence-electron chi connectivity index (χ1n) is 7.42. The molecule has 0 fully saturated rings. The monoisotopic (exact) mass is 344 g/mol. The van der Waals surface area contributed by atoms with Crippen molar-refractivity contribution < 1.29 is 13.2 Å². The van der Waals surface area contributed by atoms with Gasteiger partial charge in [0.05, 0.1) is 4.90 Å². The van der Waals surface area contributed by atoms with Crippen LogP contribution in [-0.2, 0) is 10.0 Å². The van der Waals surface area contributed by atoms with Crippen molar-refractivity contribution in [1.82, 2.24) is 4.72 Å². The largest absolute Gasteiger partial charge is 0.322 e. The maximum atomic E-state index is 12.4. The van der Waals surface area contributed by atoms with E-state index in [0.717, 1.165) is 11.1 Å². The number of amides is 1. The maximum absolute atomic E-state index is 12.4. The Bertz CT molecular complexity index is 853. The minimum Gasteiger partial charge on any atom is -0.322 e. The summed E-state index contributed by atoms with van der Waals surface area (Å²) in [4.78, 5) is 12.4. The summed E-state index contributed by atoms with van der Waals surface area (Å²) in [6.45, 7) is 7.49. The molecule has 2 aromatic rings. The Hall–Kier alpha value is -2.44. The van der Waals surface area contributed by atoms with Crippen LogP contribution < -0.4 is 10.0 Å². The van der Waals surface area contributed by atoms with E-state index in [1.807, 2.05) is 32.0 Å². The summed E-state index contributed by atoms with van der Waals surface area (Å²) in [5, 5.41) is 2.79. The van der Waals surface area contributed by atoms with Gasteiger partial charge in [0.2, 0.25) is 10.0 Å². The first-order chi connectivity index (χ1) is 11.3. The molecule has 0 unspecified atom stereocenters. The first kappa shape index (κ1) is 17.9. The van der Waals surface area contributed by atoms with Crippen molar-refractivity contribution in [1.29, 1.82) is 0 Å². The van der Waals surface area contributed by atoms with Gasteiger partial charge >= 0.3 is 0 Å². The summed E-state index contributed by atoms with van der Waals surface area (Å²) < 4.78 is 26.6. The number of carbonyl (C=O) groups is 1. The number of anilines is 1. The van der Waals surface area contributed by atoms with E-state index in [1.54, 1.807) is 12.1 Å². The van der Waals surface area contributed by atoms with E-state index >= 15 is 0 Å². The summed E-state index contributed by atoms with van der Waals surface area (Å²) in [7, 11) is -3.67. The molecule has 0 atom stereocenters. The normalized spacial score (nSPS) is 11.1. The Morgan fingerprint density at radius 1 is 1.12 bits per heavy atom. The van der Waals surface area contributed by atoms with Crippen LogP contribution in [0.2, 0.25) is 0 Å². The van der Waals surface area contributed by atoms with Crippen molar-refractivity contribution >= 4 is 21.6 Å². The fourth-order valence-electron chi connectivity index (χ4n) is 2.31. The molecule has 0 aliphatic rings. The van der Waals surface area contributed by atoms with Gasteiger partial charge in [-0.3, -0.25) is 4.79 Å². The molecule has 0 aliphatic heterocycles. The summed E-state index contributed by atoms with van der Waals surface area (Å²) >= 11 is 0. The quantitative estimate of drug-likeness (QED) is 0.791. The average molecular weight is 344 g/mol. The van der Waals surface area contributed by atoms with Gasteiger partial charge in [-0.25, -0.2) is 13.1 Å². The SMILES string of the molecule is C=CCNS(=O)(=O)c1cccc(C(=O)Nc2cc(C)cc(C)c2)c1. The number of hydrogen-bond acceptors (Lipinski definition) is 3. The number of carbonyl (C=O) groups excluding carboxylic acids is 1. The molecule has 2 aromatic carbocycles. The fraction of sp³-hybridized carbons (Fsp3) is 0.167. The van der Waals surface area contributed by atoms with Crippen LogP contribution in [0.25, 0.3) is 0 Å². The third-order valence-electron chi connectivity index (χ3n) is 3.30. The molecule has 0 radical (unpaired) electrons. The van der Waals surface area contributed by atoms with E-state index in [4.69, 9.17) is 0 Å².